The minimum atomic E-state index is -4.39. The van der Waals surface area contributed by atoms with Crippen molar-refractivity contribution in [1.29, 1.82) is 0 Å². The molecule has 106 valence electrons. The first-order valence-electron chi connectivity index (χ1n) is 6.30. The lowest BCUT2D eigenvalue weighted by atomic mass is 10.1. The zero-order valence-corrected chi connectivity index (χ0v) is 11.0. The van der Waals surface area contributed by atoms with Gasteiger partial charge in [0.05, 0.1) is 5.56 Å². The molecule has 0 radical (unpaired) electrons. The van der Waals surface area contributed by atoms with Crippen molar-refractivity contribution in [3.63, 3.8) is 0 Å². The Balaban J connectivity index is 2.34. The highest BCUT2D eigenvalue weighted by molar-refractivity contribution is 6.00. The van der Waals surface area contributed by atoms with E-state index in [9.17, 15) is 18.0 Å². The summed E-state index contributed by atoms with van der Waals surface area (Å²) in [5, 5.41) is 3.39. The number of benzene rings is 1. The van der Waals surface area contributed by atoms with Crippen LogP contribution in [0.3, 0.4) is 0 Å². The monoisotopic (exact) mass is 282 g/mol. The number of aromatic nitrogens is 1. The number of amides is 1. The maximum atomic E-state index is 13.0. The van der Waals surface area contributed by atoms with Crippen molar-refractivity contribution >= 4 is 16.8 Å². The van der Waals surface area contributed by atoms with Gasteiger partial charge in [-0.2, -0.15) is 13.2 Å². The van der Waals surface area contributed by atoms with Crippen molar-refractivity contribution in [2.24, 2.45) is 0 Å². The molecule has 3 nitrogen and oxygen atoms in total. The number of fused-ring (bicyclic) bond motifs is 3. The normalized spacial score (nSPS) is 19.1. The van der Waals surface area contributed by atoms with Crippen LogP contribution in [0.5, 0.6) is 0 Å². The van der Waals surface area contributed by atoms with Gasteiger partial charge in [0, 0.05) is 23.5 Å². The molecule has 20 heavy (non-hydrogen) atoms. The van der Waals surface area contributed by atoms with Crippen LogP contribution in [-0.2, 0) is 6.18 Å². The SMILES string of the molecule is Cc1cc2cc3n(c2cc1C(F)(F)F)C(C)CNC3=O. The Morgan fingerprint density at radius 2 is 2.00 bits per heavy atom. The van der Waals surface area contributed by atoms with E-state index in [0.717, 1.165) is 6.07 Å². The number of hydrogen-bond acceptors (Lipinski definition) is 1. The molecule has 1 aliphatic heterocycles. The first-order valence-corrected chi connectivity index (χ1v) is 6.30. The molecule has 3 rings (SSSR count). The number of rotatable bonds is 0. The maximum Gasteiger partial charge on any atom is 0.416 e. The lowest BCUT2D eigenvalue weighted by molar-refractivity contribution is -0.137. The van der Waals surface area contributed by atoms with Crippen LogP contribution in [-0.4, -0.2) is 17.0 Å². The van der Waals surface area contributed by atoms with Crippen molar-refractivity contribution in [2.75, 3.05) is 6.54 Å². The molecule has 1 atom stereocenters. The fourth-order valence-corrected chi connectivity index (χ4v) is 2.77. The van der Waals surface area contributed by atoms with Crippen molar-refractivity contribution < 1.29 is 18.0 Å². The van der Waals surface area contributed by atoms with Crippen LogP contribution in [0.25, 0.3) is 10.9 Å². The molecule has 1 aromatic heterocycles. The summed E-state index contributed by atoms with van der Waals surface area (Å²) in [4.78, 5) is 11.8. The Hall–Kier alpha value is -1.98. The number of hydrogen-bond donors (Lipinski definition) is 1. The highest BCUT2D eigenvalue weighted by Crippen LogP contribution is 2.36. The topological polar surface area (TPSA) is 34.0 Å². The number of nitrogens with zero attached hydrogens (tertiary/aromatic N) is 1. The van der Waals surface area contributed by atoms with Crippen molar-refractivity contribution in [3.8, 4) is 0 Å². The number of aryl methyl sites for hydroxylation is 1. The minimum absolute atomic E-state index is 0.0658. The molecule has 1 aliphatic rings. The van der Waals surface area contributed by atoms with Gasteiger partial charge in [0.15, 0.2) is 0 Å². The maximum absolute atomic E-state index is 13.0. The van der Waals surface area contributed by atoms with Gasteiger partial charge in [-0.3, -0.25) is 4.79 Å². The fourth-order valence-electron chi connectivity index (χ4n) is 2.77. The molecular formula is C14H13F3N2O. The van der Waals surface area contributed by atoms with Gasteiger partial charge in [-0.15, -0.1) is 0 Å². The zero-order valence-electron chi connectivity index (χ0n) is 11.0. The summed E-state index contributed by atoms with van der Waals surface area (Å²) in [7, 11) is 0. The first-order chi connectivity index (χ1) is 9.29. The van der Waals surface area contributed by atoms with Crippen LogP contribution in [0.4, 0.5) is 13.2 Å². The van der Waals surface area contributed by atoms with Crippen molar-refractivity contribution in [2.45, 2.75) is 26.1 Å². The first kappa shape index (κ1) is 13.0. The van der Waals surface area contributed by atoms with E-state index in [0.29, 0.717) is 23.1 Å². The molecule has 1 N–H and O–H groups in total. The highest BCUT2D eigenvalue weighted by atomic mass is 19.4. The van der Waals surface area contributed by atoms with Crippen molar-refractivity contribution in [3.05, 3.63) is 35.0 Å². The van der Waals surface area contributed by atoms with Crippen LogP contribution >= 0.6 is 0 Å². The molecule has 0 aliphatic carbocycles. The van der Waals surface area contributed by atoms with Crippen LogP contribution in [0, 0.1) is 6.92 Å². The molecule has 2 aromatic rings. The molecule has 0 fully saturated rings. The lowest BCUT2D eigenvalue weighted by Crippen LogP contribution is -2.37. The van der Waals surface area contributed by atoms with E-state index in [-0.39, 0.29) is 17.5 Å². The standard InChI is InChI=1S/C14H13F3N2O/c1-7-3-9-4-12-13(20)18-6-8(2)19(12)11(9)5-10(7)14(15,16)17/h3-5,8H,6H2,1-2H3,(H,18,20). The third-order valence-corrected chi connectivity index (χ3v) is 3.72. The van der Waals surface area contributed by atoms with Gasteiger partial charge in [-0.05, 0) is 37.6 Å². The zero-order chi connectivity index (χ0) is 14.7. The Bertz CT molecular complexity index is 715. The molecule has 0 bridgehead atoms. The van der Waals surface area contributed by atoms with Crippen LogP contribution in [0.15, 0.2) is 18.2 Å². The van der Waals surface area contributed by atoms with E-state index < -0.39 is 11.7 Å². The van der Waals surface area contributed by atoms with Gasteiger partial charge >= 0.3 is 6.18 Å². The molecule has 1 amide bonds. The van der Waals surface area contributed by atoms with E-state index in [1.807, 2.05) is 6.92 Å². The molecule has 0 saturated heterocycles. The number of halogens is 3. The van der Waals surface area contributed by atoms with E-state index >= 15 is 0 Å². The minimum Gasteiger partial charge on any atom is -0.349 e. The van der Waals surface area contributed by atoms with E-state index in [4.69, 9.17) is 0 Å². The molecule has 1 unspecified atom stereocenters. The van der Waals surface area contributed by atoms with Crippen LogP contribution in [0.1, 0.15) is 34.6 Å². The largest absolute Gasteiger partial charge is 0.416 e. The second kappa shape index (κ2) is 4.01. The van der Waals surface area contributed by atoms with Gasteiger partial charge in [-0.25, -0.2) is 0 Å². The van der Waals surface area contributed by atoms with E-state index in [2.05, 4.69) is 5.32 Å². The summed E-state index contributed by atoms with van der Waals surface area (Å²) in [6, 6.07) is 4.21. The summed E-state index contributed by atoms with van der Waals surface area (Å²) in [6.45, 7) is 3.72. The predicted molar refractivity (Wildman–Crippen MR) is 68.7 cm³/mol. The molecule has 2 heterocycles. The number of carbonyl (C=O) groups is 1. The smallest absolute Gasteiger partial charge is 0.349 e. The summed E-state index contributed by atoms with van der Waals surface area (Å²) in [5.41, 5.74) is 0.392. The summed E-state index contributed by atoms with van der Waals surface area (Å²) < 4.78 is 40.7. The van der Waals surface area contributed by atoms with E-state index in [1.54, 1.807) is 10.6 Å². The second-order valence-electron chi connectivity index (χ2n) is 5.18. The lowest BCUT2D eigenvalue weighted by Gasteiger charge is -2.24. The third kappa shape index (κ3) is 1.78. The molecule has 0 spiro atoms. The Kier molecular flexibility index (Phi) is 2.61. The van der Waals surface area contributed by atoms with Gasteiger partial charge in [-0.1, -0.05) is 0 Å². The van der Waals surface area contributed by atoms with Gasteiger partial charge in [0.1, 0.15) is 5.69 Å². The second-order valence-corrected chi connectivity index (χ2v) is 5.18. The Morgan fingerprint density at radius 1 is 1.30 bits per heavy atom. The van der Waals surface area contributed by atoms with Gasteiger partial charge in [0.2, 0.25) is 0 Å². The van der Waals surface area contributed by atoms with Crippen LogP contribution < -0.4 is 5.32 Å². The van der Waals surface area contributed by atoms with Crippen molar-refractivity contribution in [1.82, 2.24) is 9.88 Å². The average molecular weight is 282 g/mol. The molecular weight excluding hydrogens is 269 g/mol. The average Bonchev–Trinajstić information content (AvgIpc) is 2.71. The Labute approximate surface area is 113 Å². The molecule has 0 saturated carbocycles. The quantitative estimate of drug-likeness (QED) is 0.790. The molecule has 1 aromatic carbocycles. The summed E-state index contributed by atoms with van der Waals surface area (Å²) in [5.74, 6) is -0.245. The van der Waals surface area contributed by atoms with Gasteiger partial charge < -0.3 is 9.88 Å². The van der Waals surface area contributed by atoms with Gasteiger partial charge in [0.25, 0.3) is 5.91 Å². The van der Waals surface area contributed by atoms with Crippen LogP contribution in [0.2, 0.25) is 0 Å². The summed E-state index contributed by atoms with van der Waals surface area (Å²) in [6.07, 6.45) is -4.39. The number of nitrogens with one attached hydrogen (secondary N) is 1. The number of carbonyl (C=O) groups excluding carboxylic acids is 1. The molecule has 6 heteroatoms. The summed E-state index contributed by atoms with van der Waals surface area (Å²) >= 11 is 0. The third-order valence-electron chi connectivity index (χ3n) is 3.72. The number of alkyl halides is 3. The Morgan fingerprint density at radius 3 is 2.65 bits per heavy atom. The predicted octanol–water partition coefficient (Wildman–Crippen LogP) is 3.27. The highest BCUT2D eigenvalue weighted by Gasteiger charge is 2.34. The van der Waals surface area contributed by atoms with E-state index in [1.165, 1.54) is 13.0 Å². The fraction of sp³-hybridized carbons (Fsp3) is 0.357.